The minimum atomic E-state index is -2.36. The van der Waals surface area contributed by atoms with Crippen LogP contribution in [0, 0.1) is 40.4 Å². The van der Waals surface area contributed by atoms with E-state index >= 15 is 0 Å². The Hall–Kier alpha value is -4.59. The molecule has 6 nitrogen and oxygen atoms in total. The fraction of sp³-hybridized carbons (Fsp3) is 0.154. The van der Waals surface area contributed by atoms with Gasteiger partial charge in [0.2, 0.25) is 35.0 Å². The number of nitrogens with two attached hydrogens (primary N) is 1. The molecule has 1 aliphatic heterocycles. The minimum absolute atomic E-state index is 0.0851. The van der Waals surface area contributed by atoms with E-state index in [1.54, 1.807) is 6.07 Å². The molecule has 1 atom stereocenters. The Morgan fingerprint density at radius 1 is 1.00 bits per heavy atom. The van der Waals surface area contributed by atoms with Crippen LogP contribution in [0.5, 0.6) is 17.2 Å². The van der Waals surface area contributed by atoms with Crippen molar-refractivity contribution in [3.05, 3.63) is 99.7 Å². The first-order valence-corrected chi connectivity index (χ1v) is 10.8. The molecule has 2 N–H and O–H groups in total. The molecule has 1 aliphatic rings. The number of hydrogen-bond donors (Lipinski definition) is 1. The number of rotatable bonds is 6. The highest BCUT2D eigenvalue weighted by Gasteiger charge is 2.31. The van der Waals surface area contributed by atoms with Crippen molar-refractivity contribution in [2.75, 3.05) is 6.61 Å². The van der Waals surface area contributed by atoms with Crippen molar-refractivity contribution < 1.29 is 41.0 Å². The number of allylic oxidation sites excluding steroid dienone is 1. The normalized spacial score (nSPS) is 14.5. The van der Waals surface area contributed by atoms with Crippen molar-refractivity contribution in [1.82, 2.24) is 0 Å². The van der Waals surface area contributed by atoms with Gasteiger partial charge in [-0.25, -0.2) is 18.0 Å². The summed E-state index contributed by atoms with van der Waals surface area (Å²) in [5.74, 6) is -14.6. The molecule has 37 heavy (non-hydrogen) atoms. The molecule has 0 bridgehead atoms. The number of aryl methyl sites for hydroxylation is 1. The molecule has 0 radical (unpaired) electrons. The maximum atomic E-state index is 13.7. The van der Waals surface area contributed by atoms with Crippen LogP contribution in [0.3, 0.4) is 0 Å². The second kappa shape index (κ2) is 10.2. The lowest BCUT2D eigenvalue weighted by Gasteiger charge is -2.26. The summed E-state index contributed by atoms with van der Waals surface area (Å²) in [6.07, 6.45) is 0.830. The van der Waals surface area contributed by atoms with E-state index in [1.807, 2.05) is 31.2 Å². The molecule has 0 fully saturated rings. The van der Waals surface area contributed by atoms with Gasteiger partial charge in [0, 0.05) is 11.6 Å². The SMILES string of the molecule is CCc1ccc(C2C(C#N)=C(N)Oc3cc(OC(=O)COc4c(F)c(F)c(F)c(F)c4F)ccc32)cc1. The maximum Gasteiger partial charge on any atom is 0.349 e. The molecule has 4 rings (SSSR count). The lowest BCUT2D eigenvalue weighted by molar-refractivity contribution is -0.136. The van der Waals surface area contributed by atoms with Gasteiger partial charge in [0.15, 0.2) is 12.4 Å². The summed E-state index contributed by atoms with van der Waals surface area (Å²) in [4.78, 5) is 12.2. The zero-order valence-electron chi connectivity index (χ0n) is 19.1. The predicted molar refractivity (Wildman–Crippen MR) is 119 cm³/mol. The van der Waals surface area contributed by atoms with Crippen LogP contribution in [-0.4, -0.2) is 12.6 Å². The van der Waals surface area contributed by atoms with Crippen molar-refractivity contribution in [1.29, 1.82) is 5.26 Å². The molecule has 3 aromatic carbocycles. The number of fused-ring (bicyclic) bond motifs is 1. The Balaban J connectivity index is 1.55. The van der Waals surface area contributed by atoms with Gasteiger partial charge in [-0.1, -0.05) is 37.3 Å². The molecule has 190 valence electrons. The van der Waals surface area contributed by atoms with E-state index in [9.17, 15) is 32.0 Å². The number of esters is 1. The van der Waals surface area contributed by atoms with Gasteiger partial charge in [0.1, 0.15) is 23.1 Å². The molecule has 0 aliphatic carbocycles. The summed E-state index contributed by atoms with van der Waals surface area (Å²) in [5.41, 5.74) is 8.60. The summed E-state index contributed by atoms with van der Waals surface area (Å²) >= 11 is 0. The third kappa shape index (κ3) is 4.78. The number of hydrogen-bond acceptors (Lipinski definition) is 6. The van der Waals surface area contributed by atoms with E-state index in [4.69, 9.17) is 15.2 Å². The van der Waals surface area contributed by atoms with E-state index in [1.165, 1.54) is 12.1 Å². The first-order valence-electron chi connectivity index (χ1n) is 10.8. The zero-order valence-corrected chi connectivity index (χ0v) is 19.1. The lowest BCUT2D eigenvalue weighted by Crippen LogP contribution is -2.22. The van der Waals surface area contributed by atoms with Crippen LogP contribution in [0.25, 0.3) is 0 Å². The van der Waals surface area contributed by atoms with Crippen LogP contribution in [0.2, 0.25) is 0 Å². The number of nitriles is 1. The van der Waals surface area contributed by atoms with E-state index in [0.29, 0.717) is 5.56 Å². The predicted octanol–water partition coefficient (Wildman–Crippen LogP) is 5.15. The summed E-state index contributed by atoms with van der Waals surface area (Å²) in [6, 6.07) is 13.9. The quantitative estimate of drug-likeness (QED) is 0.160. The fourth-order valence-corrected chi connectivity index (χ4v) is 3.79. The monoisotopic (exact) mass is 516 g/mol. The van der Waals surface area contributed by atoms with E-state index in [2.05, 4.69) is 10.8 Å². The second-order valence-electron chi connectivity index (χ2n) is 7.88. The number of ether oxygens (including phenoxy) is 3. The number of carbonyl (C=O) groups excluding carboxylic acids is 1. The van der Waals surface area contributed by atoms with E-state index in [0.717, 1.165) is 17.5 Å². The molecule has 1 unspecified atom stereocenters. The van der Waals surface area contributed by atoms with Crippen LogP contribution in [0.4, 0.5) is 22.0 Å². The number of nitrogens with zero attached hydrogens (tertiary/aromatic N) is 1. The highest BCUT2D eigenvalue weighted by molar-refractivity contribution is 5.74. The third-order valence-corrected chi connectivity index (χ3v) is 5.65. The molecule has 0 spiro atoms. The van der Waals surface area contributed by atoms with Gasteiger partial charge < -0.3 is 19.9 Å². The molecule has 0 saturated heterocycles. The maximum absolute atomic E-state index is 13.7. The van der Waals surface area contributed by atoms with E-state index < -0.39 is 53.3 Å². The average Bonchev–Trinajstić information content (AvgIpc) is 2.90. The first-order chi connectivity index (χ1) is 17.7. The van der Waals surface area contributed by atoms with Gasteiger partial charge in [-0.05, 0) is 23.6 Å². The van der Waals surface area contributed by atoms with E-state index in [-0.39, 0.29) is 23.0 Å². The van der Waals surface area contributed by atoms with Crippen molar-refractivity contribution >= 4 is 5.97 Å². The summed E-state index contributed by atoms with van der Waals surface area (Å²) < 4.78 is 82.3. The molecule has 3 aromatic rings. The van der Waals surface area contributed by atoms with Gasteiger partial charge in [-0.15, -0.1) is 0 Å². The summed E-state index contributed by atoms with van der Waals surface area (Å²) in [6.45, 7) is 0.845. The Labute approximate surface area is 207 Å². The highest BCUT2D eigenvalue weighted by atomic mass is 19.2. The molecule has 1 heterocycles. The van der Waals surface area contributed by atoms with Crippen LogP contribution in [0.1, 0.15) is 29.5 Å². The van der Waals surface area contributed by atoms with Crippen LogP contribution < -0.4 is 19.9 Å². The molecule has 11 heteroatoms. The highest BCUT2D eigenvalue weighted by Crippen LogP contribution is 2.43. The zero-order chi connectivity index (χ0) is 26.9. The molecular formula is C26H17F5N2O4. The number of halogens is 5. The Morgan fingerprint density at radius 2 is 1.62 bits per heavy atom. The van der Waals surface area contributed by atoms with Gasteiger partial charge in [0.05, 0.1) is 5.92 Å². The van der Waals surface area contributed by atoms with Crippen LogP contribution in [-0.2, 0) is 11.2 Å². The third-order valence-electron chi connectivity index (χ3n) is 5.65. The molecule has 0 saturated carbocycles. The number of benzene rings is 3. The van der Waals surface area contributed by atoms with Gasteiger partial charge in [-0.2, -0.15) is 14.0 Å². The first kappa shape index (κ1) is 25.5. The van der Waals surface area contributed by atoms with Gasteiger partial charge in [0.25, 0.3) is 0 Å². The smallest absolute Gasteiger partial charge is 0.349 e. The number of carbonyl (C=O) groups is 1. The molecule has 0 amide bonds. The lowest BCUT2D eigenvalue weighted by atomic mass is 9.83. The van der Waals surface area contributed by atoms with Gasteiger partial charge in [-0.3, -0.25) is 0 Å². The summed E-state index contributed by atoms with van der Waals surface area (Å²) in [5, 5.41) is 9.66. The molecule has 0 aromatic heterocycles. The Morgan fingerprint density at radius 3 is 2.22 bits per heavy atom. The van der Waals surface area contributed by atoms with Crippen molar-refractivity contribution in [3.8, 4) is 23.3 Å². The standard InChI is InChI=1S/C26H17F5N2O4/c1-2-12-3-5-13(6-4-12)19-15-8-7-14(9-17(15)37-26(33)16(19)10-32)36-18(34)11-35-25-23(30)21(28)20(27)22(29)24(25)31/h3-9,19H,2,11,33H2,1H3. The topological polar surface area (TPSA) is 94.6 Å². The van der Waals surface area contributed by atoms with Gasteiger partial charge >= 0.3 is 5.97 Å². The largest absolute Gasteiger partial charge is 0.476 e. The Bertz CT molecular complexity index is 1440. The minimum Gasteiger partial charge on any atom is -0.476 e. The molecular weight excluding hydrogens is 499 g/mol. The fourth-order valence-electron chi connectivity index (χ4n) is 3.79. The van der Waals surface area contributed by atoms with Crippen molar-refractivity contribution in [2.24, 2.45) is 5.73 Å². The second-order valence-corrected chi connectivity index (χ2v) is 7.88. The van der Waals surface area contributed by atoms with Crippen LogP contribution >= 0.6 is 0 Å². The van der Waals surface area contributed by atoms with Crippen LogP contribution in [0.15, 0.2) is 53.9 Å². The average molecular weight is 516 g/mol. The Kier molecular flexibility index (Phi) is 7.02. The van der Waals surface area contributed by atoms with Crippen molar-refractivity contribution in [2.45, 2.75) is 19.3 Å². The van der Waals surface area contributed by atoms with Crippen molar-refractivity contribution in [3.63, 3.8) is 0 Å². The summed E-state index contributed by atoms with van der Waals surface area (Å²) in [7, 11) is 0.